The fourth-order valence-corrected chi connectivity index (χ4v) is 2.74. The van der Waals surface area contributed by atoms with Gasteiger partial charge in [0.2, 0.25) is 0 Å². The Kier molecular flexibility index (Phi) is 5.50. The van der Waals surface area contributed by atoms with Crippen molar-refractivity contribution in [2.24, 2.45) is 5.92 Å². The van der Waals surface area contributed by atoms with Gasteiger partial charge in [-0.05, 0) is 37.2 Å². The lowest BCUT2D eigenvalue weighted by Gasteiger charge is -2.23. The molecule has 1 aromatic rings. The van der Waals surface area contributed by atoms with Gasteiger partial charge in [-0.3, -0.25) is 0 Å². The summed E-state index contributed by atoms with van der Waals surface area (Å²) >= 11 is 0. The van der Waals surface area contributed by atoms with E-state index in [2.05, 4.69) is 15.5 Å². The van der Waals surface area contributed by atoms with Crippen LogP contribution in [0, 0.1) is 5.92 Å². The Morgan fingerprint density at radius 1 is 1.38 bits per heavy atom. The molecule has 0 aromatic carbocycles. The highest BCUT2D eigenvalue weighted by Crippen LogP contribution is 2.22. The molecular formula is C15H23N3O3. The Bertz CT molecular complexity index is 499. The zero-order valence-electron chi connectivity index (χ0n) is 12.7. The molecule has 1 atom stereocenters. The molecule has 2 N–H and O–H groups in total. The van der Waals surface area contributed by atoms with Crippen molar-refractivity contribution < 1.29 is 14.6 Å². The molecular weight excluding hydrogens is 270 g/mol. The van der Waals surface area contributed by atoms with Crippen LogP contribution in [0.5, 0.6) is 0 Å². The second-order valence-corrected chi connectivity index (χ2v) is 5.33. The molecule has 116 valence electrons. The average Bonchev–Trinajstić information content (AvgIpc) is 2.52. The molecule has 0 spiro atoms. The van der Waals surface area contributed by atoms with Crippen LogP contribution in [0.4, 0.5) is 5.82 Å². The third kappa shape index (κ3) is 3.69. The van der Waals surface area contributed by atoms with Crippen molar-refractivity contribution in [2.45, 2.75) is 39.5 Å². The number of anilines is 1. The Morgan fingerprint density at radius 2 is 2.19 bits per heavy atom. The van der Waals surface area contributed by atoms with Crippen LogP contribution < -0.4 is 5.32 Å². The van der Waals surface area contributed by atoms with Gasteiger partial charge in [0.15, 0.2) is 5.82 Å². The first-order chi connectivity index (χ1) is 10.2. The van der Waals surface area contributed by atoms with Crippen molar-refractivity contribution in [3.63, 3.8) is 0 Å². The lowest BCUT2D eigenvalue weighted by molar-refractivity contribution is 0.0594. The number of hydrogen-bond donors (Lipinski definition) is 2. The Morgan fingerprint density at radius 3 is 2.76 bits per heavy atom. The monoisotopic (exact) mass is 293 g/mol. The van der Waals surface area contributed by atoms with Crippen LogP contribution in [0.2, 0.25) is 0 Å². The number of carbonyl (C=O) groups is 1. The van der Waals surface area contributed by atoms with Gasteiger partial charge < -0.3 is 15.2 Å². The van der Waals surface area contributed by atoms with E-state index in [1.165, 1.54) is 0 Å². The van der Waals surface area contributed by atoms with Gasteiger partial charge >= 0.3 is 5.97 Å². The lowest BCUT2D eigenvalue weighted by atomic mass is 10.0. The number of ether oxygens (including phenoxy) is 1. The smallest absolute Gasteiger partial charge is 0.339 e. The van der Waals surface area contributed by atoms with Crippen molar-refractivity contribution in [3.8, 4) is 0 Å². The Balaban J connectivity index is 2.19. The molecule has 2 heterocycles. The summed E-state index contributed by atoms with van der Waals surface area (Å²) in [5, 5.41) is 20.9. The maximum absolute atomic E-state index is 11.6. The van der Waals surface area contributed by atoms with Gasteiger partial charge in [-0.25, -0.2) is 4.79 Å². The van der Waals surface area contributed by atoms with Gasteiger partial charge in [0, 0.05) is 13.2 Å². The molecule has 1 fully saturated rings. The average molecular weight is 293 g/mol. The summed E-state index contributed by atoms with van der Waals surface area (Å²) in [6, 6.07) is 0. The van der Waals surface area contributed by atoms with Gasteiger partial charge in [-0.1, -0.05) is 13.8 Å². The lowest BCUT2D eigenvalue weighted by Crippen LogP contribution is -2.26. The number of carboxylic acids is 1. The number of carboxylic acid groups (broad SMARTS) is 1. The number of aryl methyl sites for hydroxylation is 1. The number of rotatable bonds is 6. The van der Waals surface area contributed by atoms with Crippen LogP contribution in [0.25, 0.3) is 0 Å². The topological polar surface area (TPSA) is 84.3 Å². The summed E-state index contributed by atoms with van der Waals surface area (Å²) in [5.41, 5.74) is 1.81. The quantitative estimate of drug-likeness (QED) is 0.836. The minimum Gasteiger partial charge on any atom is -0.478 e. The molecule has 1 aliphatic heterocycles. The number of nitrogens with one attached hydrogen (secondary N) is 1. The maximum Gasteiger partial charge on any atom is 0.339 e. The molecule has 0 radical (unpaired) electrons. The molecule has 1 aliphatic rings. The Hall–Kier alpha value is -1.69. The summed E-state index contributed by atoms with van der Waals surface area (Å²) in [5.74, 6) is -0.168. The van der Waals surface area contributed by atoms with Crippen molar-refractivity contribution >= 4 is 11.8 Å². The zero-order chi connectivity index (χ0) is 15.2. The van der Waals surface area contributed by atoms with E-state index >= 15 is 0 Å². The van der Waals surface area contributed by atoms with E-state index in [0.29, 0.717) is 31.1 Å². The first-order valence-corrected chi connectivity index (χ1v) is 7.60. The molecule has 1 unspecified atom stereocenters. The minimum absolute atomic E-state index is 0.265. The summed E-state index contributed by atoms with van der Waals surface area (Å²) in [4.78, 5) is 11.6. The van der Waals surface area contributed by atoms with Crippen molar-refractivity contribution in [1.29, 1.82) is 0 Å². The fraction of sp³-hybridized carbons (Fsp3) is 0.667. The van der Waals surface area contributed by atoms with Crippen LogP contribution >= 0.6 is 0 Å². The summed E-state index contributed by atoms with van der Waals surface area (Å²) in [6.07, 6.45) is 3.48. The molecule has 0 aliphatic carbocycles. The normalized spacial score (nSPS) is 18.5. The highest BCUT2D eigenvalue weighted by atomic mass is 16.5. The summed E-state index contributed by atoms with van der Waals surface area (Å²) in [6.45, 7) is 6.12. The predicted octanol–water partition coefficient (Wildman–Crippen LogP) is 2.14. The molecule has 1 saturated heterocycles. The third-order valence-corrected chi connectivity index (χ3v) is 3.87. The first-order valence-electron chi connectivity index (χ1n) is 7.60. The second kappa shape index (κ2) is 7.36. The fourth-order valence-electron chi connectivity index (χ4n) is 2.74. The van der Waals surface area contributed by atoms with E-state index in [1.54, 1.807) is 0 Å². The predicted molar refractivity (Wildman–Crippen MR) is 79.8 cm³/mol. The first kappa shape index (κ1) is 15.7. The molecule has 6 heteroatoms. The van der Waals surface area contributed by atoms with Crippen LogP contribution in [0.1, 0.15) is 48.3 Å². The molecule has 21 heavy (non-hydrogen) atoms. The largest absolute Gasteiger partial charge is 0.478 e. The van der Waals surface area contributed by atoms with E-state index in [9.17, 15) is 9.90 Å². The highest BCUT2D eigenvalue weighted by Gasteiger charge is 2.21. The van der Waals surface area contributed by atoms with E-state index in [-0.39, 0.29) is 5.56 Å². The molecule has 6 nitrogen and oxygen atoms in total. The summed E-state index contributed by atoms with van der Waals surface area (Å²) < 4.78 is 5.44. The van der Waals surface area contributed by atoms with Gasteiger partial charge in [-0.2, -0.15) is 5.10 Å². The molecule has 1 aromatic heterocycles. The third-order valence-electron chi connectivity index (χ3n) is 3.87. The SMILES string of the molecule is CCc1nnc(NCC2CCCOC2)c(C(=O)O)c1CC. The van der Waals surface area contributed by atoms with Crippen LogP contribution in [0.15, 0.2) is 0 Å². The minimum atomic E-state index is -0.946. The molecule has 0 bridgehead atoms. The second-order valence-electron chi connectivity index (χ2n) is 5.33. The van der Waals surface area contributed by atoms with E-state index in [1.807, 2.05) is 13.8 Å². The van der Waals surface area contributed by atoms with Crippen molar-refractivity contribution in [2.75, 3.05) is 25.1 Å². The number of aromatic nitrogens is 2. The zero-order valence-corrected chi connectivity index (χ0v) is 12.7. The number of aromatic carboxylic acids is 1. The van der Waals surface area contributed by atoms with Gasteiger partial charge in [0.1, 0.15) is 5.56 Å². The molecule has 2 rings (SSSR count). The van der Waals surface area contributed by atoms with E-state index in [4.69, 9.17) is 4.74 Å². The number of hydrogen-bond acceptors (Lipinski definition) is 5. The van der Waals surface area contributed by atoms with Crippen LogP contribution in [-0.2, 0) is 17.6 Å². The molecule has 0 amide bonds. The van der Waals surface area contributed by atoms with Crippen LogP contribution in [-0.4, -0.2) is 41.0 Å². The van der Waals surface area contributed by atoms with Crippen molar-refractivity contribution in [1.82, 2.24) is 10.2 Å². The highest BCUT2D eigenvalue weighted by molar-refractivity contribution is 5.95. The molecule has 0 saturated carbocycles. The Labute approximate surface area is 124 Å². The van der Waals surface area contributed by atoms with E-state index in [0.717, 1.165) is 37.3 Å². The van der Waals surface area contributed by atoms with Gasteiger partial charge in [0.05, 0.1) is 12.3 Å². The van der Waals surface area contributed by atoms with Crippen LogP contribution in [0.3, 0.4) is 0 Å². The van der Waals surface area contributed by atoms with E-state index < -0.39 is 5.97 Å². The van der Waals surface area contributed by atoms with Gasteiger partial charge in [0.25, 0.3) is 0 Å². The number of nitrogens with zero attached hydrogens (tertiary/aromatic N) is 2. The maximum atomic E-state index is 11.6. The summed E-state index contributed by atoms with van der Waals surface area (Å²) in [7, 11) is 0. The van der Waals surface area contributed by atoms with Gasteiger partial charge in [-0.15, -0.1) is 5.10 Å². The van der Waals surface area contributed by atoms with Crippen molar-refractivity contribution in [3.05, 3.63) is 16.8 Å². The standard InChI is InChI=1S/C15H23N3O3/c1-3-11-12(4-2)17-18-14(13(11)15(19)20)16-8-10-6-5-7-21-9-10/h10H,3-9H2,1-2H3,(H,16,18)(H,19,20).